The van der Waals surface area contributed by atoms with E-state index in [1.54, 1.807) is 6.92 Å². The number of aromatic nitrogens is 1. The van der Waals surface area contributed by atoms with Crippen molar-refractivity contribution in [2.24, 2.45) is 4.99 Å². The molecule has 5 nitrogen and oxygen atoms in total. The SMILES string of the molecule is CC(=O)c1sc(=Nc2ccc(C)cc2C)n(N2CCOCC2)c1C.Cl. The van der Waals surface area contributed by atoms with Crippen molar-refractivity contribution >= 4 is 35.2 Å². The van der Waals surface area contributed by atoms with Crippen molar-refractivity contribution in [1.29, 1.82) is 0 Å². The van der Waals surface area contributed by atoms with E-state index in [0.29, 0.717) is 13.2 Å². The van der Waals surface area contributed by atoms with Gasteiger partial charge in [-0.1, -0.05) is 29.0 Å². The zero-order valence-electron chi connectivity index (χ0n) is 15.0. The van der Waals surface area contributed by atoms with E-state index < -0.39 is 0 Å². The number of ketones is 1. The second kappa shape index (κ2) is 8.17. The zero-order chi connectivity index (χ0) is 17.3. The maximum Gasteiger partial charge on any atom is 0.209 e. The zero-order valence-corrected chi connectivity index (χ0v) is 16.7. The molecule has 2 aromatic rings. The van der Waals surface area contributed by atoms with Crippen LogP contribution in [0.3, 0.4) is 0 Å². The number of nitrogens with zero attached hydrogens (tertiary/aromatic N) is 3. The van der Waals surface area contributed by atoms with Crippen LogP contribution in [0.4, 0.5) is 5.69 Å². The fourth-order valence-corrected chi connectivity index (χ4v) is 4.01. The topological polar surface area (TPSA) is 46.8 Å². The highest BCUT2D eigenvalue weighted by molar-refractivity contribution is 7.11. The van der Waals surface area contributed by atoms with Crippen LogP contribution in [-0.2, 0) is 4.74 Å². The Kier molecular flexibility index (Phi) is 6.43. The number of hydrogen-bond donors (Lipinski definition) is 0. The number of carbonyl (C=O) groups excluding carboxylic acids is 1. The fourth-order valence-electron chi connectivity index (χ4n) is 2.97. The molecule has 0 spiro atoms. The van der Waals surface area contributed by atoms with Gasteiger partial charge in [0, 0.05) is 6.92 Å². The van der Waals surface area contributed by atoms with Crippen LogP contribution in [0.1, 0.15) is 33.4 Å². The van der Waals surface area contributed by atoms with Gasteiger partial charge >= 0.3 is 0 Å². The molecule has 7 heteroatoms. The Morgan fingerprint density at radius 3 is 2.48 bits per heavy atom. The summed E-state index contributed by atoms with van der Waals surface area (Å²) in [6.45, 7) is 10.7. The number of ether oxygens (including phenoxy) is 1. The standard InChI is InChI=1S/C18H23N3O2S.ClH/c1-12-5-6-16(13(2)11-12)19-18-21(20-7-9-23-10-8-20)14(3)17(24-18)15(4)22;/h5-6,11H,7-10H2,1-4H3;1H. The van der Waals surface area contributed by atoms with E-state index in [0.717, 1.165) is 39.7 Å². The van der Waals surface area contributed by atoms with Crippen LogP contribution in [0.15, 0.2) is 23.2 Å². The van der Waals surface area contributed by atoms with Crippen LogP contribution in [0.2, 0.25) is 0 Å². The Bertz CT molecular complexity index is 835. The summed E-state index contributed by atoms with van der Waals surface area (Å²) in [5.74, 6) is 0.0848. The molecule has 0 saturated carbocycles. The number of thiazole rings is 1. The molecular formula is C18H24ClN3O2S. The minimum Gasteiger partial charge on any atom is -0.378 e. The molecular weight excluding hydrogens is 358 g/mol. The van der Waals surface area contributed by atoms with Crippen molar-refractivity contribution in [2.75, 3.05) is 31.3 Å². The molecule has 0 bridgehead atoms. The summed E-state index contributed by atoms with van der Waals surface area (Å²) in [4.78, 5) is 18.5. The first-order valence-electron chi connectivity index (χ1n) is 8.15. The molecule has 1 aliphatic rings. The number of aryl methyl sites for hydroxylation is 2. The van der Waals surface area contributed by atoms with E-state index in [1.165, 1.54) is 16.9 Å². The monoisotopic (exact) mass is 381 g/mol. The van der Waals surface area contributed by atoms with Crippen LogP contribution in [-0.4, -0.2) is 36.8 Å². The van der Waals surface area contributed by atoms with E-state index in [9.17, 15) is 4.79 Å². The molecule has 1 aromatic heterocycles. The van der Waals surface area contributed by atoms with Crippen molar-refractivity contribution in [3.05, 3.63) is 44.7 Å². The first-order chi connectivity index (χ1) is 11.5. The molecule has 25 heavy (non-hydrogen) atoms. The van der Waals surface area contributed by atoms with Gasteiger partial charge in [0.05, 0.1) is 42.6 Å². The van der Waals surface area contributed by atoms with Gasteiger partial charge in [-0.2, -0.15) is 0 Å². The average Bonchev–Trinajstić information content (AvgIpc) is 2.87. The molecule has 1 aliphatic heterocycles. The van der Waals surface area contributed by atoms with E-state index in [1.807, 2.05) is 13.0 Å². The Hall–Kier alpha value is -1.63. The van der Waals surface area contributed by atoms with Crippen molar-refractivity contribution in [3.8, 4) is 0 Å². The molecule has 0 N–H and O–H groups in total. The second-order valence-electron chi connectivity index (χ2n) is 6.13. The summed E-state index contributed by atoms with van der Waals surface area (Å²) in [7, 11) is 0. The maximum atomic E-state index is 12.0. The van der Waals surface area contributed by atoms with Gasteiger partial charge in [-0.15, -0.1) is 12.4 Å². The minimum atomic E-state index is 0. The van der Waals surface area contributed by atoms with Crippen LogP contribution in [0, 0.1) is 20.8 Å². The molecule has 0 amide bonds. The molecule has 1 saturated heterocycles. The number of rotatable bonds is 3. The largest absolute Gasteiger partial charge is 0.378 e. The Morgan fingerprint density at radius 1 is 1.20 bits per heavy atom. The third kappa shape index (κ3) is 4.14. The van der Waals surface area contributed by atoms with Crippen molar-refractivity contribution in [1.82, 2.24) is 4.68 Å². The lowest BCUT2D eigenvalue weighted by atomic mass is 10.1. The molecule has 0 radical (unpaired) electrons. The van der Waals surface area contributed by atoms with Gasteiger partial charge in [-0.25, -0.2) is 9.67 Å². The molecule has 0 atom stereocenters. The lowest BCUT2D eigenvalue weighted by molar-refractivity contribution is 0.101. The average molecular weight is 382 g/mol. The molecule has 1 aromatic carbocycles. The van der Waals surface area contributed by atoms with Gasteiger partial charge in [0.25, 0.3) is 0 Å². The van der Waals surface area contributed by atoms with Crippen molar-refractivity contribution in [3.63, 3.8) is 0 Å². The highest BCUT2D eigenvalue weighted by Crippen LogP contribution is 2.20. The number of Topliss-reactive ketones (excluding diaryl/α,β-unsaturated/α-hetero) is 1. The number of morpholine rings is 1. The highest BCUT2D eigenvalue weighted by atomic mass is 35.5. The summed E-state index contributed by atoms with van der Waals surface area (Å²) in [6.07, 6.45) is 0. The summed E-state index contributed by atoms with van der Waals surface area (Å²) >= 11 is 1.46. The predicted molar refractivity (Wildman–Crippen MR) is 104 cm³/mol. The smallest absolute Gasteiger partial charge is 0.209 e. The van der Waals surface area contributed by atoms with Crippen LogP contribution in [0.25, 0.3) is 0 Å². The maximum absolute atomic E-state index is 12.0. The first-order valence-corrected chi connectivity index (χ1v) is 8.97. The lowest BCUT2D eigenvalue weighted by Gasteiger charge is -2.30. The Balaban J connectivity index is 0.00000225. The fraction of sp³-hybridized carbons (Fsp3) is 0.444. The normalized spacial score (nSPS) is 15.2. The van der Waals surface area contributed by atoms with E-state index in [2.05, 4.69) is 35.7 Å². The quantitative estimate of drug-likeness (QED) is 0.766. The predicted octanol–water partition coefficient (Wildman–Crippen LogP) is 3.30. The third-order valence-electron chi connectivity index (χ3n) is 4.18. The summed E-state index contributed by atoms with van der Waals surface area (Å²) in [5.41, 5.74) is 4.26. The van der Waals surface area contributed by atoms with E-state index in [-0.39, 0.29) is 18.2 Å². The lowest BCUT2D eigenvalue weighted by Crippen LogP contribution is -2.48. The van der Waals surface area contributed by atoms with Crippen molar-refractivity contribution in [2.45, 2.75) is 27.7 Å². The summed E-state index contributed by atoms with van der Waals surface area (Å²) < 4.78 is 7.54. The molecule has 0 aliphatic carbocycles. The molecule has 136 valence electrons. The van der Waals surface area contributed by atoms with E-state index in [4.69, 9.17) is 9.73 Å². The van der Waals surface area contributed by atoms with Gasteiger partial charge in [0.1, 0.15) is 0 Å². The van der Waals surface area contributed by atoms with Crippen LogP contribution in [0.5, 0.6) is 0 Å². The summed E-state index contributed by atoms with van der Waals surface area (Å²) in [6, 6.07) is 6.23. The second-order valence-corrected chi connectivity index (χ2v) is 7.11. The Labute approximate surface area is 158 Å². The minimum absolute atomic E-state index is 0. The highest BCUT2D eigenvalue weighted by Gasteiger charge is 2.20. The Morgan fingerprint density at radius 2 is 1.88 bits per heavy atom. The van der Waals surface area contributed by atoms with Crippen LogP contribution >= 0.6 is 23.7 Å². The number of carbonyl (C=O) groups is 1. The first kappa shape index (κ1) is 19.7. The van der Waals surface area contributed by atoms with Gasteiger partial charge in [0.2, 0.25) is 4.80 Å². The van der Waals surface area contributed by atoms with Gasteiger partial charge in [-0.05, 0) is 32.4 Å². The molecule has 2 heterocycles. The molecule has 0 unspecified atom stereocenters. The van der Waals surface area contributed by atoms with Gasteiger partial charge in [0.15, 0.2) is 5.78 Å². The van der Waals surface area contributed by atoms with Gasteiger partial charge in [-0.3, -0.25) is 4.79 Å². The van der Waals surface area contributed by atoms with Gasteiger partial charge < -0.3 is 9.75 Å². The number of benzene rings is 1. The van der Waals surface area contributed by atoms with E-state index >= 15 is 0 Å². The summed E-state index contributed by atoms with van der Waals surface area (Å²) in [5, 5.41) is 2.21. The molecule has 3 rings (SSSR count). The third-order valence-corrected chi connectivity index (χ3v) is 5.41. The molecule has 1 fully saturated rings. The van der Waals surface area contributed by atoms with Crippen LogP contribution < -0.4 is 9.81 Å². The number of hydrogen-bond acceptors (Lipinski definition) is 5. The number of halogens is 1. The van der Waals surface area contributed by atoms with Crippen molar-refractivity contribution < 1.29 is 9.53 Å².